The van der Waals surface area contributed by atoms with E-state index in [1.165, 1.54) is 0 Å². The van der Waals surface area contributed by atoms with Crippen molar-refractivity contribution in [2.45, 2.75) is 39.8 Å². The highest BCUT2D eigenvalue weighted by molar-refractivity contribution is 5.96. The maximum Gasteiger partial charge on any atom is 0.254 e. The molecule has 1 heterocycles. The van der Waals surface area contributed by atoms with E-state index >= 15 is 0 Å². The van der Waals surface area contributed by atoms with Gasteiger partial charge in [0.2, 0.25) is 0 Å². The van der Waals surface area contributed by atoms with Crippen LogP contribution in [0.1, 0.15) is 52.6 Å². The molecule has 3 rings (SSSR count). The number of hydrogen-bond donors (Lipinski definition) is 2. The predicted molar refractivity (Wildman–Crippen MR) is 120 cm³/mol. The number of hydrogen-bond acceptors (Lipinski definition) is 4. The number of anilines is 1. The lowest BCUT2D eigenvalue weighted by Crippen LogP contribution is -2.48. The molecule has 2 amide bonds. The average Bonchev–Trinajstić information content (AvgIpc) is 2.67. The molecule has 0 aromatic heterocycles. The lowest BCUT2D eigenvalue weighted by molar-refractivity contribution is 0.0627. The second kappa shape index (κ2) is 8.88. The molecule has 0 radical (unpaired) electrons. The Labute approximate surface area is 179 Å². The van der Waals surface area contributed by atoms with Gasteiger partial charge in [0.05, 0.1) is 0 Å². The number of aryl methyl sites for hydroxylation is 1. The van der Waals surface area contributed by atoms with Gasteiger partial charge in [-0.2, -0.15) is 0 Å². The molecule has 1 saturated heterocycles. The quantitative estimate of drug-likeness (QED) is 0.762. The minimum atomic E-state index is -0.265. The Balaban J connectivity index is 1.58. The summed E-state index contributed by atoms with van der Waals surface area (Å²) in [6.07, 6.45) is 0. The van der Waals surface area contributed by atoms with Crippen LogP contribution in [-0.4, -0.2) is 53.3 Å². The Kier molecular flexibility index (Phi) is 6.46. The van der Waals surface area contributed by atoms with Gasteiger partial charge in [0, 0.05) is 55.1 Å². The molecule has 30 heavy (non-hydrogen) atoms. The number of nitrogens with one attached hydrogen (secondary N) is 1. The standard InChI is InChI=1S/C24H32N4O2/c1-17-14-20(25)8-9-21(17)23(30)28-12-10-27(11-13-28)16-18-6-5-7-19(15-18)22(29)26-24(2,3)4/h5-9,14-15H,10-13,16,25H2,1-4H3,(H,26,29). The van der Waals surface area contributed by atoms with Crippen LogP contribution in [0.2, 0.25) is 0 Å². The number of carbonyl (C=O) groups is 2. The van der Waals surface area contributed by atoms with Crippen LogP contribution in [0.4, 0.5) is 5.69 Å². The Morgan fingerprint density at radius 3 is 2.37 bits per heavy atom. The van der Waals surface area contributed by atoms with Crippen molar-refractivity contribution in [2.24, 2.45) is 0 Å². The van der Waals surface area contributed by atoms with Crippen LogP contribution in [-0.2, 0) is 6.54 Å². The van der Waals surface area contributed by atoms with Gasteiger partial charge in [-0.15, -0.1) is 0 Å². The fourth-order valence-electron chi connectivity index (χ4n) is 3.69. The van der Waals surface area contributed by atoms with Gasteiger partial charge in [0.25, 0.3) is 11.8 Å². The van der Waals surface area contributed by atoms with E-state index in [4.69, 9.17) is 5.73 Å². The molecule has 0 unspecified atom stereocenters. The van der Waals surface area contributed by atoms with Crippen molar-refractivity contribution in [1.82, 2.24) is 15.1 Å². The number of amides is 2. The van der Waals surface area contributed by atoms with E-state index < -0.39 is 0 Å². The molecule has 6 heteroatoms. The van der Waals surface area contributed by atoms with Gasteiger partial charge in [-0.25, -0.2) is 0 Å². The highest BCUT2D eigenvalue weighted by Gasteiger charge is 2.23. The molecule has 6 nitrogen and oxygen atoms in total. The average molecular weight is 409 g/mol. The third kappa shape index (κ3) is 5.60. The molecule has 1 aliphatic heterocycles. The van der Waals surface area contributed by atoms with Crippen molar-refractivity contribution in [3.63, 3.8) is 0 Å². The largest absolute Gasteiger partial charge is 0.399 e. The van der Waals surface area contributed by atoms with Gasteiger partial charge in [0.1, 0.15) is 0 Å². The first-order valence-electron chi connectivity index (χ1n) is 10.4. The normalized spacial score (nSPS) is 15.1. The molecular weight excluding hydrogens is 376 g/mol. The van der Waals surface area contributed by atoms with Crippen molar-refractivity contribution in [1.29, 1.82) is 0 Å². The van der Waals surface area contributed by atoms with Crippen molar-refractivity contribution in [3.05, 3.63) is 64.7 Å². The third-order valence-electron chi connectivity index (χ3n) is 5.22. The highest BCUT2D eigenvalue weighted by atomic mass is 16.2. The Hall–Kier alpha value is -2.86. The van der Waals surface area contributed by atoms with E-state index in [1.54, 1.807) is 6.07 Å². The second-order valence-electron chi connectivity index (χ2n) is 9.05. The van der Waals surface area contributed by atoms with Gasteiger partial charge in [-0.05, 0) is 69.2 Å². The van der Waals surface area contributed by atoms with Crippen LogP contribution in [0.3, 0.4) is 0 Å². The lowest BCUT2D eigenvalue weighted by Gasteiger charge is -2.35. The zero-order chi connectivity index (χ0) is 21.9. The molecule has 0 bridgehead atoms. The van der Waals surface area contributed by atoms with Crippen LogP contribution in [0.25, 0.3) is 0 Å². The molecule has 0 spiro atoms. The number of nitrogen functional groups attached to an aromatic ring is 1. The summed E-state index contributed by atoms with van der Waals surface area (Å²) in [5, 5.41) is 3.00. The van der Waals surface area contributed by atoms with Crippen LogP contribution in [0, 0.1) is 6.92 Å². The molecule has 2 aromatic carbocycles. The van der Waals surface area contributed by atoms with Gasteiger partial charge in [0.15, 0.2) is 0 Å². The number of carbonyl (C=O) groups excluding carboxylic acids is 2. The van der Waals surface area contributed by atoms with E-state index in [-0.39, 0.29) is 17.4 Å². The van der Waals surface area contributed by atoms with Crippen LogP contribution >= 0.6 is 0 Å². The van der Waals surface area contributed by atoms with E-state index in [2.05, 4.69) is 10.2 Å². The summed E-state index contributed by atoms with van der Waals surface area (Å²) in [5.74, 6) is 0.00614. The topological polar surface area (TPSA) is 78.7 Å². The molecule has 3 N–H and O–H groups in total. The Morgan fingerprint density at radius 2 is 1.73 bits per heavy atom. The maximum atomic E-state index is 12.9. The Morgan fingerprint density at radius 1 is 1.03 bits per heavy atom. The lowest BCUT2D eigenvalue weighted by atomic mass is 10.1. The monoisotopic (exact) mass is 408 g/mol. The predicted octanol–water partition coefficient (Wildman–Crippen LogP) is 3.06. The molecule has 1 aliphatic rings. The van der Waals surface area contributed by atoms with Crippen LogP contribution < -0.4 is 11.1 Å². The minimum Gasteiger partial charge on any atom is -0.399 e. The van der Waals surface area contributed by atoms with E-state index in [1.807, 2.05) is 69.0 Å². The van der Waals surface area contributed by atoms with Crippen molar-refractivity contribution >= 4 is 17.5 Å². The van der Waals surface area contributed by atoms with Crippen LogP contribution in [0.5, 0.6) is 0 Å². The smallest absolute Gasteiger partial charge is 0.254 e. The zero-order valence-corrected chi connectivity index (χ0v) is 18.4. The first-order valence-corrected chi connectivity index (χ1v) is 10.4. The summed E-state index contributed by atoms with van der Waals surface area (Å²) < 4.78 is 0. The molecular formula is C24H32N4O2. The highest BCUT2D eigenvalue weighted by Crippen LogP contribution is 2.17. The molecule has 1 fully saturated rings. The van der Waals surface area contributed by atoms with Crippen molar-refractivity contribution < 1.29 is 9.59 Å². The molecule has 0 atom stereocenters. The Bertz CT molecular complexity index is 925. The summed E-state index contributed by atoms with van der Waals surface area (Å²) in [5.41, 5.74) is 9.61. The second-order valence-corrected chi connectivity index (χ2v) is 9.05. The fraction of sp³-hybridized carbons (Fsp3) is 0.417. The van der Waals surface area contributed by atoms with E-state index in [0.29, 0.717) is 24.3 Å². The van der Waals surface area contributed by atoms with Gasteiger partial charge in [-0.3, -0.25) is 14.5 Å². The van der Waals surface area contributed by atoms with Gasteiger partial charge < -0.3 is 16.0 Å². The minimum absolute atomic E-state index is 0.0568. The summed E-state index contributed by atoms with van der Waals surface area (Å²) in [6, 6.07) is 13.2. The molecule has 0 saturated carbocycles. The zero-order valence-electron chi connectivity index (χ0n) is 18.4. The summed E-state index contributed by atoms with van der Waals surface area (Å²) in [6.45, 7) is 11.6. The number of benzene rings is 2. The fourth-order valence-corrected chi connectivity index (χ4v) is 3.69. The molecule has 2 aromatic rings. The first kappa shape index (κ1) is 21.8. The summed E-state index contributed by atoms with van der Waals surface area (Å²) in [4.78, 5) is 29.5. The van der Waals surface area contributed by atoms with Crippen molar-refractivity contribution in [3.8, 4) is 0 Å². The van der Waals surface area contributed by atoms with E-state index in [9.17, 15) is 9.59 Å². The maximum absolute atomic E-state index is 12.9. The SMILES string of the molecule is Cc1cc(N)ccc1C(=O)N1CCN(Cc2cccc(C(=O)NC(C)(C)C)c2)CC1. The first-order chi connectivity index (χ1) is 14.1. The van der Waals surface area contributed by atoms with Crippen molar-refractivity contribution in [2.75, 3.05) is 31.9 Å². The third-order valence-corrected chi connectivity index (χ3v) is 5.22. The number of rotatable bonds is 4. The number of nitrogens with zero attached hydrogens (tertiary/aromatic N) is 2. The number of piperazine rings is 1. The van der Waals surface area contributed by atoms with Crippen LogP contribution in [0.15, 0.2) is 42.5 Å². The molecule has 160 valence electrons. The van der Waals surface area contributed by atoms with E-state index in [0.717, 1.165) is 36.3 Å². The van der Waals surface area contributed by atoms with Gasteiger partial charge in [-0.1, -0.05) is 12.1 Å². The number of nitrogens with two attached hydrogens (primary N) is 1. The summed E-state index contributed by atoms with van der Waals surface area (Å²) in [7, 11) is 0. The molecule has 0 aliphatic carbocycles. The van der Waals surface area contributed by atoms with Gasteiger partial charge >= 0.3 is 0 Å². The summed E-state index contributed by atoms with van der Waals surface area (Å²) >= 11 is 0.